The van der Waals surface area contributed by atoms with Crippen molar-refractivity contribution in [3.63, 3.8) is 0 Å². The second kappa shape index (κ2) is 11.7. The number of nitro benzene ring substituents is 1. The zero-order valence-electron chi connectivity index (χ0n) is 16.3. The molecule has 0 saturated carbocycles. The van der Waals surface area contributed by atoms with Crippen molar-refractivity contribution >= 4 is 35.6 Å². The number of nitrogens with one attached hydrogen (secondary N) is 2. The van der Waals surface area contributed by atoms with Crippen LogP contribution in [0.2, 0.25) is 0 Å². The van der Waals surface area contributed by atoms with E-state index in [4.69, 9.17) is 4.74 Å². The van der Waals surface area contributed by atoms with E-state index in [1.165, 1.54) is 12.1 Å². The first-order valence-electron chi connectivity index (χ1n) is 9.41. The Bertz CT molecular complexity index is 796. The van der Waals surface area contributed by atoms with E-state index in [0.717, 1.165) is 30.7 Å². The quantitative estimate of drug-likeness (QED) is 0.194. The van der Waals surface area contributed by atoms with Gasteiger partial charge in [0, 0.05) is 24.9 Å². The Balaban J connectivity index is 0.00000300. The van der Waals surface area contributed by atoms with Crippen LogP contribution in [0.15, 0.2) is 53.7 Å². The van der Waals surface area contributed by atoms with Gasteiger partial charge in [-0.25, -0.2) is 4.99 Å². The van der Waals surface area contributed by atoms with Gasteiger partial charge >= 0.3 is 0 Å². The van der Waals surface area contributed by atoms with Crippen LogP contribution in [0.4, 0.5) is 5.69 Å². The minimum absolute atomic E-state index is 0. The molecule has 1 aliphatic heterocycles. The van der Waals surface area contributed by atoms with Crippen LogP contribution < -0.4 is 10.6 Å². The first-order valence-corrected chi connectivity index (χ1v) is 9.41. The number of nitrogens with zero attached hydrogens (tertiary/aromatic N) is 3. The van der Waals surface area contributed by atoms with Crippen molar-refractivity contribution in [1.82, 2.24) is 15.6 Å². The highest BCUT2D eigenvalue weighted by Crippen LogP contribution is 2.15. The van der Waals surface area contributed by atoms with E-state index in [2.05, 4.69) is 27.5 Å². The van der Waals surface area contributed by atoms with Crippen molar-refractivity contribution in [2.75, 3.05) is 6.61 Å². The Morgan fingerprint density at radius 1 is 1.34 bits per heavy atom. The van der Waals surface area contributed by atoms with Crippen molar-refractivity contribution in [3.05, 3.63) is 70.0 Å². The third kappa shape index (κ3) is 7.24. The number of hydrogen-bond donors (Lipinski definition) is 2. The number of non-ortho nitro benzene ring substituents is 1. The van der Waals surface area contributed by atoms with Gasteiger partial charge in [-0.3, -0.25) is 15.1 Å². The van der Waals surface area contributed by atoms with E-state index >= 15 is 0 Å². The van der Waals surface area contributed by atoms with Gasteiger partial charge in [0.05, 0.1) is 35.9 Å². The fourth-order valence-electron chi connectivity index (χ4n) is 3.03. The molecule has 1 saturated heterocycles. The molecule has 1 fully saturated rings. The van der Waals surface area contributed by atoms with E-state index in [-0.39, 0.29) is 41.8 Å². The topological polar surface area (TPSA) is 102 Å². The van der Waals surface area contributed by atoms with Gasteiger partial charge in [0.1, 0.15) is 0 Å². The Morgan fingerprint density at radius 3 is 2.76 bits per heavy atom. The van der Waals surface area contributed by atoms with Crippen molar-refractivity contribution < 1.29 is 9.66 Å². The molecule has 0 amide bonds. The molecule has 29 heavy (non-hydrogen) atoms. The third-order valence-electron chi connectivity index (χ3n) is 4.62. The summed E-state index contributed by atoms with van der Waals surface area (Å²) in [5, 5.41) is 17.5. The van der Waals surface area contributed by atoms with Gasteiger partial charge in [0.2, 0.25) is 0 Å². The zero-order valence-corrected chi connectivity index (χ0v) is 18.6. The number of hydrogen-bond acceptors (Lipinski definition) is 5. The van der Waals surface area contributed by atoms with Gasteiger partial charge in [-0.05, 0) is 37.5 Å². The minimum atomic E-state index is -0.405. The second-order valence-electron chi connectivity index (χ2n) is 6.75. The summed E-state index contributed by atoms with van der Waals surface area (Å²) in [6.07, 6.45) is 4.03. The molecule has 8 nitrogen and oxygen atoms in total. The van der Waals surface area contributed by atoms with Crippen molar-refractivity contribution in [3.8, 4) is 0 Å². The summed E-state index contributed by atoms with van der Waals surface area (Å²) in [4.78, 5) is 19.3. The van der Waals surface area contributed by atoms with Crippen molar-refractivity contribution in [2.24, 2.45) is 4.99 Å². The molecule has 2 atom stereocenters. The van der Waals surface area contributed by atoms with Crippen LogP contribution in [0, 0.1) is 10.1 Å². The lowest BCUT2D eigenvalue weighted by Gasteiger charge is -2.22. The van der Waals surface area contributed by atoms with Crippen LogP contribution >= 0.6 is 24.0 Å². The first kappa shape index (κ1) is 23.0. The normalized spacial score (nSPS) is 17.3. The fourth-order valence-corrected chi connectivity index (χ4v) is 3.03. The molecule has 3 rings (SSSR count). The molecule has 1 aromatic heterocycles. The van der Waals surface area contributed by atoms with Crippen LogP contribution in [0.25, 0.3) is 0 Å². The maximum Gasteiger partial charge on any atom is 0.269 e. The van der Waals surface area contributed by atoms with E-state index in [9.17, 15) is 10.1 Å². The molecule has 1 aliphatic rings. The second-order valence-corrected chi connectivity index (χ2v) is 6.75. The number of aliphatic imine (C=N–C) groups is 1. The first-order chi connectivity index (χ1) is 13.6. The van der Waals surface area contributed by atoms with E-state index in [0.29, 0.717) is 19.0 Å². The zero-order chi connectivity index (χ0) is 19.8. The Hall–Kier alpha value is -2.27. The average molecular weight is 511 g/mol. The molecule has 156 valence electrons. The standard InChI is InChI=1S/C20H25N5O3.HI/c1-15(19-6-4-12-28-19)24-20(23-14-17-5-2-3-11-21-17)22-13-16-7-9-18(10-8-16)25(26)27;/h2-3,5,7-11,15,19H,4,6,12-14H2,1H3,(H2,22,23,24);1H. The fraction of sp³-hybridized carbons (Fsp3) is 0.400. The van der Waals surface area contributed by atoms with Crippen LogP contribution in [0.3, 0.4) is 0 Å². The number of benzene rings is 1. The van der Waals surface area contributed by atoms with E-state index < -0.39 is 4.92 Å². The Labute approximate surface area is 187 Å². The molecule has 2 N–H and O–H groups in total. The molecule has 9 heteroatoms. The van der Waals surface area contributed by atoms with Gasteiger partial charge in [-0.2, -0.15) is 0 Å². The smallest absolute Gasteiger partial charge is 0.269 e. The Morgan fingerprint density at radius 2 is 2.14 bits per heavy atom. The molecule has 0 aliphatic carbocycles. The molecule has 1 aromatic carbocycles. The Kier molecular flexibility index (Phi) is 9.26. The van der Waals surface area contributed by atoms with Gasteiger partial charge in [-0.1, -0.05) is 18.2 Å². The lowest BCUT2D eigenvalue weighted by atomic mass is 10.1. The number of aromatic nitrogens is 1. The largest absolute Gasteiger partial charge is 0.376 e. The summed E-state index contributed by atoms with van der Waals surface area (Å²) in [6, 6.07) is 12.3. The number of halogens is 1. The molecule has 0 spiro atoms. The van der Waals surface area contributed by atoms with Crippen LogP contribution in [-0.2, 0) is 17.8 Å². The maximum absolute atomic E-state index is 10.8. The summed E-state index contributed by atoms with van der Waals surface area (Å²) < 4.78 is 5.76. The number of nitro groups is 1. The summed E-state index contributed by atoms with van der Waals surface area (Å²) in [5.74, 6) is 0.659. The lowest BCUT2D eigenvalue weighted by molar-refractivity contribution is -0.384. The number of ether oxygens (including phenoxy) is 1. The summed E-state index contributed by atoms with van der Waals surface area (Å²) in [5.41, 5.74) is 1.89. The van der Waals surface area contributed by atoms with Crippen LogP contribution in [0.1, 0.15) is 31.0 Å². The minimum Gasteiger partial charge on any atom is -0.376 e. The van der Waals surface area contributed by atoms with Gasteiger partial charge in [0.15, 0.2) is 5.96 Å². The highest BCUT2D eigenvalue weighted by Gasteiger charge is 2.23. The van der Waals surface area contributed by atoms with Crippen molar-refractivity contribution in [1.29, 1.82) is 0 Å². The monoisotopic (exact) mass is 511 g/mol. The number of rotatable bonds is 7. The third-order valence-corrected chi connectivity index (χ3v) is 4.62. The summed E-state index contributed by atoms with van der Waals surface area (Å²) in [7, 11) is 0. The number of guanidine groups is 1. The van der Waals surface area contributed by atoms with Crippen LogP contribution in [0.5, 0.6) is 0 Å². The highest BCUT2D eigenvalue weighted by atomic mass is 127. The average Bonchev–Trinajstić information content (AvgIpc) is 3.26. The molecular weight excluding hydrogens is 485 g/mol. The molecule has 2 aromatic rings. The summed E-state index contributed by atoms with van der Waals surface area (Å²) in [6.45, 7) is 3.84. The molecule has 0 bridgehead atoms. The van der Waals surface area contributed by atoms with Gasteiger partial charge in [0.25, 0.3) is 5.69 Å². The molecule has 2 unspecified atom stereocenters. The maximum atomic E-state index is 10.8. The lowest BCUT2D eigenvalue weighted by Crippen LogP contribution is -2.46. The predicted molar refractivity (Wildman–Crippen MR) is 122 cm³/mol. The predicted octanol–water partition coefficient (Wildman–Crippen LogP) is 3.41. The van der Waals surface area contributed by atoms with Gasteiger partial charge < -0.3 is 15.4 Å². The SMILES string of the molecule is CC(NC(=NCc1ccc([N+](=O)[O-])cc1)NCc1ccccn1)C1CCCO1.I. The number of pyridine rings is 1. The van der Waals surface area contributed by atoms with Crippen molar-refractivity contribution in [2.45, 2.75) is 45.0 Å². The van der Waals surface area contributed by atoms with E-state index in [1.54, 1.807) is 18.3 Å². The van der Waals surface area contributed by atoms with Gasteiger partial charge in [-0.15, -0.1) is 24.0 Å². The van der Waals surface area contributed by atoms with E-state index in [1.807, 2.05) is 18.2 Å². The molecule has 2 heterocycles. The highest BCUT2D eigenvalue weighted by molar-refractivity contribution is 14.0. The summed E-state index contributed by atoms with van der Waals surface area (Å²) >= 11 is 0. The molecule has 0 radical (unpaired) electrons. The van der Waals surface area contributed by atoms with Crippen LogP contribution in [-0.4, -0.2) is 34.6 Å². The molecular formula is C20H26IN5O3.